The van der Waals surface area contributed by atoms with Crippen LogP contribution in [0.4, 0.5) is 5.69 Å². The van der Waals surface area contributed by atoms with E-state index in [-0.39, 0.29) is 17.1 Å². The number of hydrogen-bond donors (Lipinski definition) is 3. The van der Waals surface area contributed by atoms with Gasteiger partial charge in [0.1, 0.15) is 11.6 Å². The quantitative estimate of drug-likeness (QED) is 0.461. The number of nitrogens with zero attached hydrogens (tertiary/aromatic N) is 1. The number of phenols is 2. The van der Waals surface area contributed by atoms with Gasteiger partial charge in [0, 0.05) is 5.69 Å². The van der Waals surface area contributed by atoms with Crippen LogP contribution in [-0.4, -0.2) is 16.1 Å². The van der Waals surface area contributed by atoms with Crippen LogP contribution in [0, 0.1) is 18.3 Å². The molecule has 2 aromatic carbocycles. The van der Waals surface area contributed by atoms with Gasteiger partial charge in [0.25, 0.3) is 5.91 Å². The number of hydrogen-bond acceptors (Lipinski definition) is 4. The van der Waals surface area contributed by atoms with E-state index in [9.17, 15) is 15.0 Å². The van der Waals surface area contributed by atoms with Crippen molar-refractivity contribution in [1.82, 2.24) is 0 Å². The van der Waals surface area contributed by atoms with E-state index in [1.54, 1.807) is 18.2 Å². The van der Waals surface area contributed by atoms with Crippen LogP contribution >= 0.6 is 0 Å². The van der Waals surface area contributed by atoms with Crippen molar-refractivity contribution in [1.29, 1.82) is 5.26 Å². The number of nitrogens with one attached hydrogen (secondary N) is 1. The minimum absolute atomic E-state index is 0.105. The molecule has 0 aliphatic heterocycles. The number of carbonyl (C=O) groups excluding carboxylic acids is 1. The molecule has 110 valence electrons. The Morgan fingerprint density at radius 3 is 2.59 bits per heavy atom. The normalized spacial score (nSPS) is 10.8. The Bertz CT molecular complexity index is 789. The minimum atomic E-state index is -0.541. The third kappa shape index (κ3) is 3.64. The lowest BCUT2D eigenvalue weighted by atomic mass is 10.1. The number of nitriles is 1. The summed E-state index contributed by atoms with van der Waals surface area (Å²) in [6.07, 6.45) is 1.34. The third-order valence-corrected chi connectivity index (χ3v) is 2.95. The maximum atomic E-state index is 12.1. The van der Waals surface area contributed by atoms with Crippen molar-refractivity contribution >= 4 is 17.7 Å². The summed E-state index contributed by atoms with van der Waals surface area (Å²) in [5.41, 5.74) is 1.92. The summed E-state index contributed by atoms with van der Waals surface area (Å²) in [6, 6.07) is 13.1. The Balaban J connectivity index is 2.23. The number of phenolic OH excluding ortho intramolecular Hbond substituents is 2. The molecule has 0 bridgehead atoms. The molecule has 2 rings (SSSR count). The van der Waals surface area contributed by atoms with Gasteiger partial charge in [-0.15, -0.1) is 0 Å². The lowest BCUT2D eigenvalue weighted by Gasteiger charge is -2.05. The molecular formula is C17H14N2O3. The van der Waals surface area contributed by atoms with Gasteiger partial charge < -0.3 is 15.5 Å². The summed E-state index contributed by atoms with van der Waals surface area (Å²) in [5.74, 6) is -1.12. The molecule has 0 saturated carbocycles. The van der Waals surface area contributed by atoms with Gasteiger partial charge in [-0.05, 0) is 48.4 Å². The molecule has 0 spiro atoms. The molecule has 0 heterocycles. The Morgan fingerprint density at radius 2 is 1.95 bits per heavy atom. The first kappa shape index (κ1) is 15.1. The van der Waals surface area contributed by atoms with E-state index >= 15 is 0 Å². The monoisotopic (exact) mass is 294 g/mol. The molecule has 3 N–H and O–H groups in total. The molecule has 1 amide bonds. The number of aromatic hydroxyl groups is 2. The van der Waals surface area contributed by atoms with E-state index in [2.05, 4.69) is 5.32 Å². The average Bonchev–Trinajstić information content (AvgIpc) is 2.48. The maximum Gasteiger partial charge on any atom is 0.266 e. The molecule has 0 atom stereocenters. The Hall–Kier alpha value is -3.26. The zero-order chi connectivity index (χ0) is 16.1. The first-order valence-corrected chi connectivity index (χ1v) is 6.51. The van der Waals surface area contributed by atoms with Crippen LogP contribution in [0.1, 0.15) is 11.1 Å². The molecule has 0 radical (unpaired) electrons. The van der Waals surface area contributed by atoms with Crippen molar-refractivity contribution in [3.05, 3.63) is 59.2 Å². The number of benzene rings is 2. The summed E-state index contributed by atoms with van der Waals surface area (Å²) in [6.45, 7) is 1.90. The second kappa shape index (κ2) is 6.46. The molecule has 5 heteroatoms. The molecule has 0 aliphatic rings. The molecule has 5 nitrogen and oxygen atoms in total. The van der Waals surface area contributed by atoms with Crippen LogP contribution in [-0.2, 0) is 4.79 Å². The number of aryl methyl sites for hydroxylation is 1. The predicted octanol–water partition coefficient (Wildman–Crippen LogP) is 2.95. The van der Waals surface area contributed by atoms with Crippen LogP contribution in [0.25, 0.3) is 6.08 Å². The van der Waals surface area contributed by atoms with E-state index in [1.165, 1.54) is 24.3 Å². The van der Waals surface area contributed by atoms with Gasteiger partial charge in [-0.1, -0.05) is 18.2 Å². The van der Waals surface area contributed by atoms with E-state index in [0.29, 0.717) is 11.3 Å². The Morgan fingerprint density at radius 1 is 1.18 bits per heavy atom. The van der Waals surface area contributed by atoms with Gasteiger partial charge in [-0.25, -0.2) is 0 Å². The maximum absolute atomic E-state index is 12.1. The van der Waals surface area contributed by atoms with Crippen molar-refractivity contribution in [2.45, 2.75) is 6.92 Å². The molecular weight excluding hydrogens is 280 g/mol. The average molecular weight is 294 g/mol. The summed E-state index contributed by atoms with van der Waals surface area (Å²) < 4.78 is 0. The lowest BCUT2D eigenvalue weighted by Crippen LogP contribution is -2.13. The van der Waals surface area contributed by atoms with Gasteiger partial charge in [0.05, 0.1) is 0 Å². The number of anilines is 1. The predicted molar refractivity (Wildman–Crippen MR) is 83.2 cm³/mol. The molecule has 0 saturated heterocycles. The van der Waals surface area contributed by atoms with Crippen molar-refractivity contribution in [2.75, 3.05) is 5.32 Å². The highest BCUT2D eigenvalue weighted by Crippen LogP contribution is 2.26. The van der Waals surface area contributed by atoms with E-state index in [1.807, 2.05) is 19.1 Å². The highest BCUT2D eigenvalue weighted by Gasteiger charge is 2.10. The second-order valence-corrected chi connectivity index (χ2v) is 4.74. The van der Waals surface area contributed by atoms with E-state index in [4.69, 9.17) is 5.26 Å². The van der Waals surface area contributed by atoms with Crippen LogP contribution in [0.5, 0.6) is 11.5 Å². The molecule has 0 unspecified atom stereocenters. The summed E-state index contributed by atoms with van der Waals surface area (Å²) in [7, 11) is 0. The van der Waals surface area contributed by atoms with Gasteiger partial charge in [-0.3, -0.25) is 4.79 Å². The fourth-order valence-electron chi connectivity index (χ4n) is 1.87. The van der Waals surface area contributed by atoms with Crippen molar-refractivity contribution < 1.29 is 15.0 Å². The van der Waals surface area contributed by atoms with E-state index < -0.39 is 5.91 Å². The Kier molecular flexibility index (Phi) is 4.44. The lowest BCUT2D eigenvalue weighted by molar-refractivity contribution is -0.112. The molecule has 22 heavy (non-hydrogen) atoms. The number of amides is 1. The highest BCUT2D eigenvalue weighted by atomic mass is 16.3. The van der Waals surface area contributed by atoms with Gasteiger partial charge in [0.2, 0.25) is 0 Å². The van der Waals surface area contributed by atoms with Crippen molar-refractivity contribution in [2.24, 2.45) is 0 Å². The fourth-order valence-corrected chi connectivity index (χ4v) is 1.87. The zero-order valence-corrected chi connectivity index (χ0v) is 11.9. The van der Waals surface area contributed by atoms with Crippen LogP contribution in [0.3, 0.4) is 0 Å². The zero-order valence-electron chi connectivity index (χ0n) is 11.9. The molecule has 0 fully saturated rings. The first-order valence-electron chi connectivity index (χ1n) is 6.51. The van der Waals surface area contributed by atoms with Crippen LogP contribution in [0.2, 0.25) is 0 Å². The fraction of sp³-hybridized carbons (Fsp3) is 0.0588. The molecule has 0 aliphatic carbocycles. The van der Waals surface area contributed by atoms with Gasteiger partial charge in [0.15, 0.2) is 11.5 Å². The second-order valence-electron chi connectivity index (χ2n) is 4.74. The minimum Gasteiger partial charge on any atom is -0.504 e. The summed E-state index contributed by atoms with van der Waals surface area (Å²) in [5, 5.41) is 30.4. The third-order valence-electron chi connectivity index (χ3n) is 2.95. The van der Waals surface area contributed by atoms with E-state index in [0.717, 1.165) is 5.56 Å². The van der Waals surface area contributed by atoms with Crippen molar-refractivity contribution in [3.8, 4) is 17.6 Å². The van der Waals surface area contributed by atoms with Gasteiger partial charge >= 0.3 is 0 Å². The standard InChI is InChI=1S/C17H14N2O3/c1-11-3-2-4-14(7-11)19-17(22)13(10-18)8-12-5-6-15(20)16(21)9-12/h2-9,20-21H,1H3,(H,19,22). The molecule has 2 aromatic rings. The number of carbonyl (C=O) groups is 1. The largest absolute Gasteiger partial charge is 0.504 e. The topological polar surface area (TPSA) is 93.4 Å². The number of rotatable bonds is 3. The first-order chi connectivity index (χ1) is 10.5. The van der Waals surface area contributed by atoms with Gasteiger partial charge in [-0.2, -0.15) is 5.26 Å². The molecule has 0 aromatic heterocycles. The Labute approximate surface area is 127 Å². The smallest absolute Gasteiger partial charge is 0.266 e. The van der Waals surface area contributed by atoms with Crippen LogP contribution < -0.4 is 5.32 Å². The van der Waals surface area contributed by atoms with Crippen molar-refractivity contribution in [3.63, 3.8) is 0 Å². The van der Waals surface area contributed by atoms with Crippen LogP contribution in [0.15, 0.2) is 48.0 Å². The highest BCUT2D eigenvalue weighted by molar-refractivity contribution is 6.09. The summed E-state index contributed by atoms with van der Waals surface area (Å²) in [4.78, 5) is 12.1. The summed E-state index contributed by atoms with van der Waals surface area (Å²) >= 11 is 0. The SMILES string of the molecule is Cc1cccc(NC(=O)C(C#N)=Cc2ccc(O)c(O)c2)c1.